The van der Waals surface area contributed by atoms with Crippen molar-refractivity contribution >= 4 is 0 Å². The Hall–Kier alpha value is -0.760. The Morgan fingerprint density at radius 3 is 2.48 bits per heavy atom. The molecule has 2 fully saturated rings. The van der Waals surface area contributed by atoms with Crippen molar-refractivity contribution in [2.24, 2.45) is 16.7 Å². The molecule has 3 unspecified atom stereocenters. The van der Waals surface area contributed by atoms with Crippen molar-refractivity contribution in [3.8, 4) is 0 Å². The molecule has 2 saturated carbocycles. The summed E-state index contributed by atoms with van der Waals surface area (Å²) in [5.74, 6) is 0.920. The zero-order valence-corrected chi connectivity index (χ0v) is 14.7. The van der Waals surface area contributed by atoms with Gasteiger partial charge >= 0.3 is 0 Å². The first-order chi connectivity index (χ1) is 9.81. The highest BCUT2D eigenvalue weighted by molar-refractivity contribution is 5.27. The minimum Gasteiger partial charge on any atom is -0.349 e. The van der Waals surface area contributed by atoms with Gasteiger partial charge in [-0.15, -0.1) is 0 Å². The molecule has 1 aromatic rings. The number of nitrogens with one attached hydrogen (secondary N) is 1. The van der Waals surface area contributed by atoms with Gasteiger partial charge in [-0.3, -0.25) is 0 Å². The van der Waals surface area contributed by atoms with Crippen LogP contribution in [0, 0.1) is 30.6 Å². The Labute approximate surface area is 130 Å². The molecule has 3 rings (SSSR count). The molecule has 2 aliphatic carbocycles. The maximum atomic E-state index is 3.92. The van der Waals surface area contributed by atoms with Gasteiger partial charge in [-0.25, -0.2) is 0 Å². The second kappa shape index (κ2) is 4.87. The second-order valence-corrected chi connectivity index (χ2v) is 8.18. The van der Waals surface area contributed by atoms with Crippen LogP contribution in [0.25, 0.3) is 0 Å². The molecule has 1 N–H and O–H groups in total. The van der Waals surface area contributed by atoms with Gasteiger partial charge in [-0.1, -0.05) is 20.8 Å². The molecule has 0 spiro atoms. The van der Waals surface area contributed by atoms with Crippen LogP contribution in [0.15, 0.2) is 6.07 Å². The van der Waals surface area contributed by atoms with Crippen molar-refractivity contribution in [1.29, 1.82) is 0 Å². The van der Waals surface area contributed by atoms with Crippen LogP contribution in [-0.4, -0.2) is 10.6 Å². The molecule has 2 aliphatic rings. The van der Waals surface area contributed by atoms with E-state index in [1.54, 1.807) is 0 Å². The zero-order valence-electron chi connectivity index (χ0n) is 14.7. The number of fused-ring (bicyclic) bond motifs is 2. The minimum atomic E-state index is 0.480. The monoisotopic (exact) mass is 288 g/mol. The lowest BCUT2D eigenvalue weighted by molar-refractivity contribution is 0.120. The summed E-state index contributed by atoms with van der Waals surface area (Å²) in [4.78, 5) is 0. The average molecular weight is 288 g/mol. The minimum absolute atomic E-state index is 0.480. The maximum Gasteiger partial charge on any atom is 0.0226 e. The fourth-order valence-corrected chi connectivity index (χ4v) is 5.28. The molecule has 0 aromatic carbocycles. The Morgan fingerprint density at radius 1 is 1.29 bits per heavy atom. The van der Waals surface area contributed by atoms with E-state index in [4.69, 9.17) is 0 Å². The average Bonchev–Trinajstić information content (AvgIpc) is 2.90. The first-order valence-corrected chi connectivity index (χ1v) is 8.70. The Bertz CT molecular complexity index is 540. The van der Waals surface area contributed by atoms with Gasteiger partial charge in [-0.2, -0.15) is 0 Å². The zero-order chi connectivity index (χ0) is 15.4. The number of aryl methyl sites for hydroxylation is 1. The molecule has 1 heterocycles. The van der Waals surface area contributed by atoms with Crippen molar-refractivity contribution < 1.29 is 0 Å². The molecular formula is C19H32N2. The second-order valence-electron chi connectivity index (χ2n) is 8.18. The van der Waals surface area contributed by atoms with E-state index in [1.807, 2.05) is 0 Å². The van der Waals surface area contributed by atoms with Crippen LogP contribution in [0.1, 0.15) is 63.9 Å². The van der Waals surface area contributed by atoms with E-state index in [0.29, 0.717) is 16.9 Å². The summed E-state index contributed by atoms with van der Waals surface area (Å²) in [5, 5.41) is 3.92. The van der Waals surface area contributed by atoms with Gasteiger partial charge in [0.25, 0.3) is 0 Å². The van der Waals surface area contributed by atoms with Crippen LogP contribution in [0.5, 0.6) is 0 Å². The fourth-order valence-electron chi connectivity index (χ4n) is 5.28. The summed E-state index contributed by atoms with van der Waals surface area (Å²) in [5.41, 5.74) is 5.30. The lowest BCUT2D eigenvalue weighted by atomic mass is 9.69. The van der Waals surface area contributed by atoms with E-state index in [-0.39, 0.29) is 0 Å². The highest BCUT2D eigenvalue weighted by Gasteiger charge is 2.60. The van der Waals surface area contributed by atoms with E-state index in [1.165, 1.54) is 36.2 Å². The van der Waals surface area contributed by atoms with Crippen molar-refractivity contribution in [3.63, 3.8) is 0 Å². The summed E-state index contributed by atoms with van der Waals surface area (Å²) in [6, 6.07) is 3.06. The molecule has 2 heteroatoms. The first-order valence-electron chi connectivity index (χ1n) is 8.70. The third-order valence-corrected chi connectivity index (χ3v) is 7.33. The van der Waals surface area contributed by atoms with Crippen LogP contribution in [-0.2, 0) is 13.1 Å². The topological polar surface area (TPSA) is 17.0 Å². The van der Waals surface area contributed by atoms with Crippen molar-refractivity contribution in [3.05, 3.63) is 23.0 Å². The predicted molar refractivity (Wildman–Crippen MR) is 89.4 cm³/mol. The molecule has 21 heavy (non-hydrogen) atoms. The first kappa shape index (κ1) is 15.1. The summed E-state index contributed by atoms with van der Waals surface area (Å²) in [6.07, 6.45) is 4.21. The summed E-state index contributed by atoms with van der Waals surface area (Å²) >= 11 is 0. The molecule has 3 atom stereocenters. The number of hydrogen-bond acceptors (Lipinski definition) is 1. The molecule has 118 valence electrons. The largest absolute Gasteiger partial charge is 0.349 e. The smallest absolute Gasteiger partial charge is 0.0226 e. The summed E-state index contributed by atoms with van der Waals surface area (Å²) in [6.45, 7) is 16.3. The number of nitrogens with zero attached hydrogens (tertiary/aromatic N) is 1. The Kier molecular flexibility index (Phi) is 3.52. The van der Waals surface area contributed by atoms with E-state index >= 15 is 0 Å². The summed E-state index contributed by atoms with van der Waals surface area (Å²) in [7, 11) is 0. The van der Waals surface area contributed by atoms with Crippen LogP contribution in [0.2, 0.25) is 0 Å². The van der Waals surface area contributed by atoms with Gasteiger partial charge in [0.05, 0.1) is 0 Å². The lowest BCUT2D eigenvalue weighted by Gasteiger charge is -2.39. The fraction of sp³-hybridized carbons (Fsp3) is 0.789. The highest BCUT2D eigenvalue weighted by Crippen LogP contribution is 2.65. The van der Waals surface area contributed by atoms with Crippen LogP contribution >= 0.6 is 0 Å². The van der Waals surface area contributed by atoms with E-state index in [9.17, 15) is 0 Å². The molecule has 0 saturated heterocycles. The Balaban J connectivity index is 1.73. The van der Waals surface area contributed by atoms with Gasteiger partial charge in [0.1, 0.15) is 0 Å². The molecule has 2 bridgehead atoms. The number of aromatic nitrogens is 1. The van der Waals surface area contributed by atoms with Crippen LogP contribution in [0.4, 0.5) is 0 Å². The highest BCUT2D eigenvalue weighted by atomic mass is 15.0. The third kappa shape index (κ3) is 2.02. The maximum absolute atomic E-state index is 3.92. The van der Waals surface area contributed by atoms with Crippen LogP contribution < -0.4 is 5.32 Å². The third-order valence-electron chi connectivity index (χ3n) is 7.33. The molecule has 1 aromatic heterocycles. The SMILES string of the molecule is CCn1c(C)cc(CNC2CC3CCC2(C)C3(C)C)c1C. The number of hydrogen-bond donors (Lipinski definition) is 1. The molecule has 0 aliphatic heterocycles. The molecule has 0 radical (unpaired) electrons. The van der Waals surface area contributed by atoms with E-state index in [2.05, 4.69) is 57.5 Å². The number of rotatable bonds is 4. The molecular weight excluding hydrogens is 256 g/mol. The van der Waals surface area contributed by atoms with Gasteiger partial charge in [0.15, 0.2) is 0 Å². The molecule has 0 amide bonds. The van der Waals surface area contributed by atoms with Gasteiger partial charge < -0.3 is 9.88 Å². The van der Waals surface area contributed by atoms with E-state index in [0.717, 1.165) is 19.0 Å². The van der Waals surface area contributed by atoms with Gasteiger partial charge in [0.2, 0.25) is 0 Å². The van der Waals surface area contributed by atoms with Crippen molar-refractivity contribution in [2.75, 3.05) is 0 Å². The van der Waals surface area contributed by atoms with Gasteiger partial charge in [-0.05, 0) is 68.4 Å². The standard InChI is InChI=1S/C19H32N2/c1-7-21-13(2)10-15(14(21)3)12-20-17-11-16-8-9-19(17,6)18(16,4)5/h10,16-17,20H,7-9,11-12H2,1-6H3. The molecule has 2 nitrogen and oxygen atoms in total. The van der Waals surface area contributed by atoms with Crippen LogP contribution in [0.3, 0.4) is 0 Å². The van der Waals surface area contributed by atoms with Crippen molar-refractivity contribution in [2.45, 2.75) is 79.9 Å². The lowest BCUT2D eigenvalue weighted by Crippen LogP contribution is -2.44. The van der Waals surface area contributed by atoms with Gasteiger partial charge in [0, 0.05) is 30.5 Å². The van der Waals surface area contributed by atoms with Crippen molar-refractivity contribution in [1.82, 2.24) is 9.88 Å². The summed E-state index contributed by atoms with van der Waals surface area (Å²) < 4.78 is 2.42. The quantitative estimate of drug-likeness (QED) is 0.867. The predicted octanol–water partition coefficient (Wildman–Crippen LogP) is 4.43. The normalized spacial score (nSPS) is 33.8. The Morgan fingerprint density at radius 2 is 2.00 bits per heavy atom. The van der Waals surface area contributed by atoms with E-state index < -0.39 is 0 Å².